The molecule has 0 aromatic heterocycles. The van der Waals surface area contributed by atoms with Crippen LogP contribution in [0, 0.1) is 13.8 Å². The van der Waals surface area contributed by atoms with Crippen LogP contribution < -0.4 is 0 Å². The minimum absolute atomic E-state index is 0.350. The Bertz CT molecular complexity index is 440. The van der Waals surface area contributed by atoms with Gasteiger partial charge in [-0.3, -0.25) is 4.90 Å². The lowest BCUT2D eigenvalue weighted by Crippen LogP contribution is -2.38. The molecule has 0 radical (unpaired) electrons. The molecule has 1 aromatic carbocycles. The molecule has 3 nitrogen and oxygen atoms in total. The largest absolute Gasteiger partial charge is 0.388 e. The van der Waals surface area contributed by atoms with E-state index in [9.17, 15) is 5.11 Å². The van der Waals surface area contributed by atoms with Crippen LogP contribution in [0.4, 0.5) is 0 Å². The molecule has 1 fully saturated rings. The van der Waals surface area contributed by atoms with Crippen LogP contribution >= 0.6 is 0 Å². The van der Waals surface area contributed by atoms with Crippen LogP contribution in [0.2, 0.25) is 0 Å². The summed E-state index contributed by atoms with van der Waals surface area (Å²) < 4.78 is 0. The molecule has 0 amide bonds. The lowest BCUT2D eigenvalue weighted by molar-refractivity contribution is 0.127. The monoisotopic (exact) mass is 290 g/mol. The molecule has 2 rings (SSSR count). The number of hydrogen-bond donors (Lipinski definition) is 1. The molecule has 21 heavy (non-hydrogen) atoms. The van der Waals surface area contributed by atoms with Gasteiger partial charge in [-0.2, -0.15) is 0 Å². The minimum atomic E-state index is -0.350. The van der Waals surface area contributed by atoms with Gasteiger partial charge in [0.05, 0.1) is 6.10 Å². The number of aryl methyl sites for hydroxylation is 2. The summed E-state index contributed by atoms with van der Waals surface area (Å²) in [7, 11) is 2.20. The lowest BCUT2D eigenvalue weighted by Gasteiger charge is -2.28. The molecule has 1 saturated heterocycles. The molecule has 1 aliphatic heterocycles. The van der Waals surface area contributed by atoms with Gasteiger partial charge in [0, 0.05) is 19.1 Å². The molecule has 0 spiro atoms. The number of benzene rings is 1. The summed E-state index contributed by atoms with van der Waals surface area (Å²) in [6, 6.07) is 6.95. The summed E-state index contributed by atoms with van der Waals surface area (Å²) in [5, 5.41) is 10.5. The maximum atomic E-state index is 10.5. The van der Waals surface area contributed by atoms with Gasteiger partial charge in [0.15, 0.2) is 0 Å². The van der Waals surface area contributed by atoms with Crippen LogP contribution in [0.1, 0.15) is 42.6 Å². The molecule has 1 aromatic rings. The Hall–Kier alpha value is -0.900. The van der Waals surface area contributed by atoms with E-state index < -0.39 is 0 Å². The first kappa shape index (κ1) is 16.5. The molecular formula is C18H30N2O. The SMILES string of the molecule is Cc1cc(C)cc(C(O)CCN2CCCN(C)CC2C)c1. The van der Waals surface area contributed by atoms with Gasteiger partial charge in [0.1, 0.15) is 0 Å². The van der Waals surface area contributed by atoms with Crippen LogP contribution in [0.3, 0.4) is 0 Å². The zero-order valence-electron chi connectivity index (χ0n) is 14.0. The second-order valence-corrected chi connectivity index (χ2v) is 6.73. The Morgan fingerprint density at radius 2 is 1.86 bits per heavy atom. The standard InChI is InChI=1S/C18H30N2O/c1-14-10-15(2)12-17(11-14)18(21)6-9-20-8-5-7-19(4)13-16(20)3/h10-12,16,18,21H,5-9,13H2,1-4H3. The quantitative estimate of drug-likeness (QED) is 0.923. The Balaban J connectivity index is 1.92. The van der Waals surface area contributed by atoms with Gasteiger partial charge in [0.2, 0.25) is 0 Å². The van der Waals surface area contributed by atoms with Gasteiger partial charge >= 0.3 is 0 Å². The number of likely N-dealkylation sites (N-methyl/N-ethyl adjacent to an activating group) is 1. The topological polar surface area (TPSA) is 26.7 Å². The van der Waals surface area contributed by atoms with Gasteiger partial charge in [-0.25, -0.2) is 0 Å². The Morgan fingerprint density at radius 3 is 2.52 bits per heavy atom. The van der Waals surface area contributed by atoms with E-state index in [1.54, 1.807) is 0 Å². The van der Waals surface area contributed by atoms with Crippen molar-refractivity contribution in [3.8, 4) is 0 Å². The summed E-state index contributed by atoms with van der Waals surface area (Å²) in [5.74, 6) is 0. The molecule has 1 N–H and O–H groups in total. The highest BCUT2D eigenvalue weighted by Gasteiger charge is 2.20. The second kappa shape index (κ2) is 7.39. The first-order valence-corrected chi connectivity index (χ1v) is 8.14. The van der Waals surface area contributed by atoms with E-state index in [1.165, 1.54) is 24.1 Å². The van der Waals surface area contributed by atoms with Crippen LogP contribution in [-0.2, 0) is 0 Å². The van der Waals surface area contributed by atoms with Crippen LogP contribution in [0.25, 0.3) is 0 Å². The highest BCUT2D eigenvalue weighted by atomic mass is 16.3. The average Bonchev–Trinajstić information content (AvgIpc) is 2.55. The van der Waals surface area contributed by atoms with E-state index in [0.717, 1.165) is 31.6 Å². The highest BCUT2D eigenvalue weighted by molar-refractivity contribution is 5.29. The number of rotatable bonds is 4. The normalized spacial score (nSPS) is 23.0. The van der Waals surface area contributed by atoms with Gasteiger partial charge < -0.3 is 10.0 Å². The summed E-state index contributed by atoms with van der Waals surface area (Å²) in [4.78, 5) is 4.93. The van der Waals surface area contributed by atoms with Crippen molar-refractivity contribution >= 4 is 0 Å². The van der Waals surface area contributed by atoms with Gasteiger partial charge in [-0.05, 0) is 59.3 Å². The first-order chi connectivity index (χ1) is 9.95. The molecule has 0 aliphatic carbocycles. The van der Waals surface area contributed by atoms with E-state index in [1.807, 2.05) is 0 Å². The third kappa shape index (κ3) is 4.80. The maximum absolute atomic E-state index is 10.5. The number of aliphatic hydroxyl groups is 1. The fraction of sp³-hybridized carbons (Fsp3) is 0.667. The highest BCUT2D eigenvalue weighted by Crippen LogP contribution is 2.21. The summed E-state index contributed by atoms with van der Waals surface area (Å²) in [6.07, 6.45) is 1.69. The van der Waals surface area contributed by atoms with Crippen molar-refractivity contribution in [2.75, 3.05) is 33.2 Å². The van der Waals surface area contributed by atoms with Gasteiger partial charge in [0.25, 0.3) is 0 Å². The molecule has 1 heterocycles. The van der Waals surface area contributed by atoms with E-state index >= 15 is 0 Å². The van der Waals surface area contributed by atoms with Crippen LogP contribution in [0.5, 0.6) is 0 Å². The molecule has 0 bridgehead atoms. The first-order valence-electron chi connectivity index (χ1n) is 8.14. The zero-order chi connectivity index (χ0) is 15.4. The van der Waals surface area contributed by atoms with Crippen molar-refractivity contribution in [3.63, 3.8) is 0 Å². The van der Waals surface area contributed by atoms with E-state index in [4.69, 9.17) is 0 Å². The number of hydrogen-bond acceptors (Lipinski definition) is 3. The summed E-state index contributed by atoms with van der Waals surface area (Å²) >= 11 is 0. The molecule has 3 heteroatoms. The number of aliphatic hydroxyl groups excluding tert-OH is 1. The predicted octanol–water partition coefficient (Wildman–Crippen LogP) is 2.75. The molecule has 118 valence electrons. The van der Waals surface area contributed by atoms with Crippen molar-refractivity contribution in [2.24, 2.45) is 0 Å². The Kier molecular flexibility index (Phi) is 5.80. The van der Waals surface area contributed by atoms with Crippen molar-refractivity contribution in [1.82, 2.24) is 9.80 Å². The van der Waals surface area contributed by atoms with Crippen molar-refractivity contribution in [3.05, 3.63) is 34.9 Å². The predicted molar refractivity (Wildman–Crippen MR) is 88.6 cm³/mol. The van der Waals surface area contributed by atoms with E-state index in [-0.39, 0.29) is 6.10 Å². The summed E-state index contributed by atoms with van der Waals surface area (Å²) in [5.41, 5.74) is 3.52. The second-order valence-electron chi connectivity index (χ2n) is 6.73. The van der Waals surface area contributed by atoms with Crippen molar-refractivity contribution < 1.29 is 5.11 Å². The molecule has 2 atom stereocenters. The Morgan fingerprint density at radius 1 is 1.19 bits per heavy atom. The fourth-order valence-electron chi connectivity index (χ4n) is 3.41. The lowest BCUT2D eigenvalue weighted by atomic mass is 10.0. The average molecular weight is 290 g/mol. The maximum Gasteiger partial charge on any atom is 0.0802 e. The molecular weight excluding hydrogens is 260 g/mol. The zero-order valence-corrected chi connectivity index (χ0v) is 14.0. The molecule has 1 aliphatic rings. The molecule has 0 saturated carbocycles. The smallest absolute Gasteiger partial charge is 0.0802 e. The van der Waals surface area contributed by atoms with Gasteiger partial charge in [-0.1, -0.05) is 29.3 Å². The van der Waals surface area contributed by atoms with E-state index in [0.29, 0.717) is 6.04 Å². The fourth-order valence-corrected chi connectivity index (χ4v) is 3.41. The van der Waals surface area contributed by atoms with Crippen molar-refractivity contribution in [1.29, 1.82) is 0 Å². The molecule has 2 unspecified atom stereocenters. The van der Waals surface area contributed by atoms with Crippen LogP contribution in [-0.4, -0.2) is 54.2 Å². The van der Waals surface area contributed by atoms with Gasteiger partial charge in [-0.15, -0.1) is 0 Å². The third-order valence-corrected chi connectivity index (χ3v) is 4.50. The van der Waals surface area contributed by atoms with E-state index in [2.05, 4.69) is 55.8 Å². The number of nitrogens with zero attached hydrogens (tertiary/aromatic N) is 2. The third-order valence-electron chi connectivity index (χ3n) is 4.50. The van der Waals surface area contributed by atoms with Crippen LogP contribution in [0.15, 0.2) is 18.2 Å². The summed E-state index contributed by atoms with van der Waals surface area (Å²) in [6.45, 7) is 10.9. The minimum Gasteiger partial charge on any atom is -0.388 e. The van der Waals surface area contributed by atoms with Crippen molar-refractivity contribution in [2.45, 2.75) is 45.8 Å². The Labute approximate surface area is 129 Å².